The smallest absolute Gasteiger partial charge is 0.370 e. The van der Waals surface area contributed by atoms with E-state index in [1.54, 1.807) is 30.9 Å². The van der Waals surface area contributed by atoms with E-state index in [1.165, 1.54) is 4.90 Å². The van der Waals surface area contributed by atoms with Crippen molar-refractivity contribution in [3.05, 3.63) is 96.5 Å². The van der Waals surface area contributed by atoms with E-state index in [4.69, 9.17) is 17.2 Å². The van der Waals surface area contributed by atoms with Gasteiger partial charge >= 0.3 is 17.1 Å². The molecule has 1 aromatic carbocycles. The zero-order valence-corrected chi connectivity index (χ0v) is 40.3. The second-order valence-electron chi connectivity index (χ2n) is 17.8. The van der Waals surface area contributed by atoms with Crippen molar-refractivity contribution in [1.29, 1.82) is 0 Å². The minimum atomic E-state index is -1.57. The Morgan fingerprint density at radius 1 is 0.871 bits per heavy atom. The van der Waals surface area contributed by atoms with Gasteiger partial charge in [0.25, 0.3) is 0 Å². The van der Waals surface area contributed by atoms with E-state index < -0.39 is 108 Å². The molecule has 2 aromatic heterocycles. The molecule has 2 saturated heterocycles. The second kappa shape index (κ2) is 25.6. The first kappa shape index (κ1) is 54.0. The number of primary amides is 2. The number of allylic oxidation sites excluding steroid dienone is 8. The van der Waals surface area contributed by atoms with Gasteiger partial charge in [-0.05, 0) is 43.2 Å². The summed E-state index contributed by atoms with van der Waals surface area (Å²) in [7, 11) is 0. The Labute approximate surface area is 416 Å². The van der Waals surface area contributed by atoms with E-state index in [-0.39, 0.29) is 55.3 Å². The molecule has 12 N–H and O–H groups in total. The van der Waals surface area contributed by atoms with Gasteiger partial charge in [-0.1, -0.05) is 92.3 Å². The zero-order chi connectivity index (χ0) is 49.6. The number of hydrogen-bond acceptors (Lipinski definition) is 11. The average Bonchev–Trinajstić information content (AvgIpc) is 4.19. The molecule has 0 radical (unpaired) electrons. The van der Waals surface area contributed by atoms with Crippen molar-refractivity contribution in [3.8, 4) is 0 Å². The number of carbonyl (C=O) groups excluding carboxylic acids is 8. The number of para-hydroxylation sites is 1. The van der Waals surface area contributed by atoms with E-state index in [0.29, 0.717) is 30.5 Å². The van der Waals surface area contributed by atoms with Crippen LogP contribution in [0, 0.1) is 5.92 Å². The molecule has 3 aromatic rings. The average molecular weight is 1010 g/mol. The molecular weight excluding hydrogens is 942 g/mol. The molecule has 7 rings (SSSR count). The van der Waals surface area contributed by atoms with Crippen molar-refractivity contribution in [2.45, 2.75) is 120 Å². The summed E-state index contributed by atoms with van der Waals surface area (Å²) in [5.41, 5.74) is 19.4. The van der Waals surface area contributed by atoms with Crippen LogP contribution in [0.15, 0.2) is 85.3 Å². The van der Waals surface area contributed by atoms with Crippen LogP contribution in [0.25, 0.3) is 10.9 Å². The standard InChI is InChI=1S/C43H57N13O8.C5H6.Fe/c1-3-23(2)37-43(64)55-21-26(56-22-33(53-54-56)24-10-4-5-11-24)17-34(55)42(63)51-31(16-25-20-48-29-13-7-6-12-27(25)29)40(61)49-30(38(46)59)14-8-9-15-47-36(58)18-28(44)39(60)50-32(19-35(45)57)41(62)52-37;1-2-4-5-3-1;/h4-7,10-13,20,22-24,26,28,30-32,34,37,48H,3,8-9,14-19,21,44H2,1-2H3,(H2,45,57)(H2,46,59)(H,47,58)(H,49,61)(H,50,60)(H,51,63)(H,52,62);1-4H,5H2;/q;;+2/t23-,26-,28-,30-,31-,32-,34-,37-;;/m0../s1. The number of aromatic nitrogens is 4. The minimum Gasteiger partial charge on any atom is -0.370 e. The van der Waals surface area contributed by atoms with Crippen LogP contribution in [-0.2, 0) is 61.8 Å². The number of fused-ring (bicyclic) bond motifs is 2. The van der Waals surface area contributed by atoms with Gasteiger partial charge in [-0.3, -0.25) is 38.4 Å². The molecule has 2 aliphatic carbocycles. The number of carbonyl (C=O) groups is 8. The summed E-state index contributed by atoms with van der Waals surface area (Å²) in [5.74, 6) is -6.87. The first-order valence-electron chi connectivity index (χ1n) is 23.4. The maximum atomic E-state index is 14.9. The van der Waals surface area contributed by atoms with Gasteiger partial charge in [-0.2, -0.15) is 0 Å². The van der Waals surface area contributed by atoms with Gasteiger partial charge in [0.2, 0.25) is 47.3 Å². The molecule has 22 heteroatoms. The van der Waals surface area contributed by atoms with Gasteiger partial charge < -0.3 is 53.7 Å². The van der Waals surface area contributed by atoms with Crippen molar-refractivity contribution in [1.82, 2.24) is 51.5 Å². The largest absolute Gasteiger partial charge is 2.00 e. The third-order valence-electron chi connectivity index (χ3n) is 12.7. The molecule has 0 bridgehead atoms. The molecular formula is C48H63FeN13O8+2. The van der Waals surface area contributed by atoms with E-state index in [0.717, 1.165) is 17.3 Å². The summed E-state index contributed by atoms with van der Waals surface area (Å²) in [6.45, 7) is 3.60. The van der Waals surface area contributed by atoms with E-state index in [2.05, 4.69) is 66.2 Å². The summed E-state index contributed by atoms with van der Waals surface area (Å²) >= 11 is 0. The van der Waals surface area contributed by atoms with Gasteiger partial charge in [0, 0.05) is 55.1 Å². The number of rotatable bonds is 9. The van der Waals surface area contributed by atoms with Crippen molar-refractivity contribution in [2.24, 2.45) is 23.1 Å². The van der Waals surface area contributed by atoms with Gasteiger partial charge in [0.05, 0.1) is 30.6 Å². The van der Waals surface area contributed by atoms with Gasteiger partial charge in [-0.15, -0.1) is 5.10 Å². The molecule has 4 aliphatic rings. The van der Waals surface area contributed by atoms with Crippen molar-refractivity contribution >= 4 is 58.2 Å². The number of aromatic amines is 1. The van der Waals surface area contributed by atoms with Crippen LogP contribution in [0.1, 0.15) is 88.4 Å². The summed E-state index contributed by atoms with van der Waals surface area (Å²) in [6.07, 6.45) is 20.7. The molecule has 4 heterocycles. The molecule has 8 amide bonds. The number of H-pyrrole nitrogens is 1. The van der Waals surface area contributed by atoms with Crippen LogP contribution in [0.3, 0.4) is 0 Å². The molecule has 374 valence electrons. The Morgan fingerprint density at radius 2 is 1.57 bits per heavy atom. The summed E-state index contributed by atoms with van der Waals surface area (Å²) in [5, 5.41) is 22.9. The summed E-state index contributed by atoms with van der Waals surface area (Å²) < 4.78 is 1.59. The SMILES string of the molecule is C1=CCC=C1.CC[C@H](C)[C@@H]1NC(=O)[C@H](CC(N)=O)NC(=O)[C@@H](N)CC(=O)NCCCC[C@@H](C(N)=O)NC(=O)[C@H](Cc2c[nH]c3ccccc23)NC(=O)[C@@H]2C[C@H](n3cc(C4C=CC=C4)nn3)CN2C1=O.[Fe+2]. The van der Waals surface area contributed by atoms with Crippen LogP contribution in [0.5, 0.6) is 0 Å². The summed E-state index contributed by atoms with van der Waals surface area (Å²) in [4.78, 5) is 113. The Kier molecular flexibility index (Phi) is 19.8. The molecule has 0 unspecified atom stereocenters. The van der Waals surface area contributed by atoms with Crippen LogP contribution >= 0.6 is 0 Å². The molecule has 70 heavy (non-hydrogen) atoms. The molecule has 0 saturated carbocycles. The quantitative estimate of drug-likeness (QED) is 0.131. The third-order valence-corrected chi connectivity index (χ3v) is 12.7. The zero-order valence-electron chi connectivity index (χ0n) is 39.2. The molecule has 2 aliphatic heterocycles. The normalized spacial score (nSPS) is 25.4. The van der Waals surface area contributed by atoms with E-state index in [9.17, 15) is 38.4 Å². The van der Waals surface area contributed by atoms with Crippen molar-refractivity contribution in [3.63, 3.8) is 0 Å². The number of nitrogens with one attached hydrogen (secondary N) is 6. The fraction of sp³-hybridized carbons (Fsp3) is 0.458. The van der Waals surface area contributed by atoms with Crippen molar-refractivity contribution in [2.75, 3.05) is 13.1 Å². The minimum absolute atomic E-state index is 0. The predicted octanol–water partition coefficient (Wildman–Crippen LogP) is 0.217. The topological polar surface area (TPSA) is 325 Å². The van der Waals surface area contributed by atoms with Gasteiger partial charge in [0.15, 0.2) is 0 Å². The fourth-order valence-corrected chi connectivity index (χ4v) is 8.57. The molecule has 2 fully saturated rings. The number of nitrogens with zero attached hydrogens (tertiary/aromatic N) is 4. The first-order chi connectivity index (χ1) is 33.1. The third kappa shape index (κ3) is 14.3. The van der Waals surface area contributed by atoms with E-state index in [1.807, 2.05) is 48.6 Å². The first-order valence-corrected chi connectivity index (χ1v) is 23.4. The Hall–Kier alpha value is -6.90. The fourth-order valence-electron chi connectivity index (χ4n) is 8.57. The maximum absolute atomic E-state index is 14.9. The van der Waals surface area contributed by atoms with E-state index >= 15 is 0 Å². The van der Waals surface area contributed by atoms with Gasteiger partial charge in [0.1, 0.15) is 30.2 Å². The molecule has 8 atom stereocenters. The number of amides is 8. The van der Waals surface area contributed by atoms with Crippen LogP contribution in [0.4, 0.5) is 0 Å². The maximum Gasteiger partial charge on any atom is 2.00 e. The van der Waals surface area contributed by atoms with Crippen molar-refractivity contribution < 1.29 is 55.4 Å². The van der Waals surface area contributed by atoms with Gasteiger partial charge in [-0.25, -0.2) is 4.68 Å². The Bertz CT molecular complexity index is 2480. The Morgan fingerprint density at radius 3 is 2.24 bits per heavy atom. The Balaban J connectivity index is 0.00000143. The van der Waals surface area contributed by atoms with Crippen LogP contribution < -0.4 is 43.8 Å². The van der Waals surface area contributed by atoms with Crippen LogP contribution in [0.2, 0.25) is 0 Å². The molecule has 0 spiro atoms. The monoisotopic (exact) mass is 1010 g/mol. The predicted molar refractivity (Wildman–Crippen MR) is 255 cm³/mol. The second-order valence-corrected chi connectivity index (χ2v) is 17.8. The number of benzene rings is 1. The number of hydrogen-bond donors (Lipinski definition) is 9. The molecule has 21 nitrogen and oxygen atoms in total. The van der Waals surface area contributed by atoms with Crippen LogP contribution in [-0.4, -0.2) is 121 Å². The summed E-state index contributed by atoms with van der Waals surface area (Å²) in [6, 6.07) is -1.07. The number of nitrogens with two attached hydrogens (primary N) is 3.